The molecule has 2 N–H and O–H groups in total. The quantitative estimate of drug-likeness (QED) is 0.859. The van der Waals surface area contributed by atoms with E-state index in [0.717, 1.165) is 5.56 Å². The molecule has 108 valence electrons. The molecule has 1 amide bonds. The number of primary amides is 1. The van der Waals surface area contributed by atoms with Gasteiger partial charge in [0.15, 0.2) is 0 Å². The van der Waals surface area contributed by atoms with E-state index < -0.39 is 5.91 Å². The first-order valence-corrected chi connectivity index (χ1v) is 6.57. The van der Waals surface area contributed by atoms with Gasteiger partial charge in [-0.15, -0.1) is 0 Å². The van der Waals surface area contributed by atoms with Crippen molar-refractivity contribution in [2.75, 3.05) is 0 Å². The fourth-order valence-electron chi connectivity index (χ4n) is 1.69. The molecule has 0 heterocycles. The van der Waals surface area contributed by atoms with Crippen molar-refractivity contribution in [2.24, 2.45) is 5.73 Å². The van der Waals surface area contributed by atoms with Gasteiger partial charge in [-0.05, 0) is 35.9 Å². The molecule has 2 aromatic rings. The molecule has 3 nitrogen and oxygen atoms in total. The highest BCUT2D eigenvalue weighted by molar-refractivity contribution is 6.31. The summed E-state index contributed by atoms with van der Waals surface area (Å²) in [6, 6.07) is 11.3. The maximum Gasteiger partial charge on any atom is 0.241 e. The molecule has 0 aromatic heterocycles. The Morgan fingerprint density at radius 2 is 2.10 bits per heavy atom. The second-order valence-corrected chi connectivity index (χ2v) is 4.74. The van der Waals surface area contributed by atoms with Crippen LogP contribution in [0.2, 0.25) is 5.02 Å². The van der Waals surface area contributed by atoms with Crippen LogP contribution >= 0.6 is 11.6 Å². The van der Waals surface area contributed by atoms with Crippen LogP contribution in [0.5, 0.6) is 5.75 Å². The Labute approximate surface area is 126 Å². The third-order valence-corrected chi connectivity index (χ3v) is 3.06. The molecule has 2 aromatic carbocycles. The van der Waals surface area contributed by atoms with Crippen LogP contribution in [0.3, 0.4) is 0 Å². The number of ether oxygens (including phenoxy) is 1. The molecule has 0 unspecified atom stereocenters. The lowest BCUT2D eigenvalue weighted by molar-refractivity contribution is -0.113. The van der Waals surface area contributed by atoms with Crippen molar-refractivity contribution in [3.8, 4) is 5.75 Å². The molecule has 5 heteroatoms. The Kier molecular flexibility index (Phi) is 4.95. The number of carbonyl (C=O) groups is 1. The van der Waals surface area contributed by atoms with Gasteiger partial charge in [0.25, 0.3) is 0 Å². The highest BCUT2D eigenvalue weighted by Gasteiger charge is 2.03. The minimum Gasteiger partial charge on any atom is -0.489 e. The number of benzene rings is 2. The molecule has 0 radical (unpaired) electrons. The van der Waals surface area contributed by atoms with E-state index in [9.17, 15) is 9.18 Å². The van der Waals surface area contributed by atoms with Crippen LogP contribution in [0.1, 0.15) is 11.1 Å². The number of amides is 1. The van der Waals surface area contributed by atoms with Gasteiger partial charge in [-0.1, -0.05) is 29.8 Å². The van der Waals surface area contributed by atoms with Gasteiger partial charge in [-0.25, -0.2) is 4.39 Å². The molecule has 0 fully saturated rings. The summed E-state index contributed by atoms with van der Waals surface area (Å²) < 4.78 is 18.5. The van der Waals surface area contributed by atoms with Crippen molar-refractivity contribution >= 4 is 23.6 Å². The minimum atomic E-state index is -0.514. The number of halogens is 2. The van der Waals surface area contributed by atoms with Crippen molar-refractivity contribution in [2.45, 2.75) is 6.61 Å². The Morgan fingerprint density at radius 3 is 2.81 bits per heavy atom. The van der Waals surface area contributed by atoms with Crippen molar-refractivity contribution in [3.05, 3.63) is 70.5 Å². The third kappa shape index (κ3) is 4.61. The van der Waals surface area contributed by atoms with E-state index in [0.29, 0.717) is 16.3 Å². The molecule has 0 bridgehead atoms. The predicted molar refractivity (Wildman–Crippen MR) is 80.4 cm³/mol. The zero-order valence-electron chi connectivity index (χ0n) is 11.1. The smallest absolute Gasteiger partial charge is 0.241 e. The normalized spacial score (nSPS) is 10.8. The molecule has 0 saturated heterocycles. The highest BCUT2D eigenvalue weighted by Crippen LogP contribution is 2.21. The fraction of sp³-hybridized carbons (Fsp3) is 0.0625. The van der Waals surface area contributed by atoms with Crippen LogP contribution in [0.4, 0.5) is 4.39 Å². The van der Waals surface area contributed by atoms with Crippen LogP contribution in [0.25, 0.3) is 6.08 Å². The van der Waals surface area contributed by atoms with E-state index in [1.807, 2.05) is 6.07 Å². The highest BCUT2D eigenvalue weighted by atomic mass is 35.5. The number of carbonyl (C=O) groups excluding carboxylic acids is 1. The Hall–Kier alpha value is -2.33. The first-order chi connectivity index (χ1) is 10.0. The van der Waals surface area contributed by atoms with E-state index in [1.165, 1.54) is 18.2 Å². The molecule has 0 aliphatic heterocycles. The van der Waals surface area contributed by atoms with E-state index in [1.54, 1.807) is 30.3 Å². The molecule has 0 spiro atoms. The number of hydrogen-bond acceptors (Lipinski definition) is 2. The second-order valence-electron chi connectivity index (χ2n) is 4.33. The van der Waals surface area contributed by atoms with E-state index in [4.69, 9.17) is 22.1 Å². The second kappa shape index (κ2) is 6.90. The maximum absolute atomic E-state index is 12.9. The molecule has 0 aliphatic rings. The lowest BCUT2D eigenvalue weighted by Gasteiger charge is -2.08. The third-order valence-electron chi connectivity index (χ3n) is 2.71. The zero-order valence-corrected chi connectivity index (χ0v) is 11.8. The minimum absolute atomic E-state index is 0.224. The number of nitrogens with two attached hydrogens (primary N) is 1. The monoisotopic (exact) mass is 305 g/mol. The summed E-state index contributed by atoms with van der Waals surface area (Å²) in [5.74, 6) is -0.288. The Balaban J connectivity index is 2.06. The van der Waals surface area contributed by atoms with Gasteiger partial charge in [-0.3, -0.25) is 4.79 Å². The molecule has 0 atom stereocenters. The lowest BCUT2D eigenvalue weighted by atomic mass is 10.2. The summed E-state index contributed by atoms with van der Waals surface area (Å²) in [7, 11) is 0. The molecule has 2 rings (SSSR count). The van der Waals surface area contributed by atoms with E-state index in [2.05, 4.69) is 0 Å². The summed E-state index contributed by atoms with van der Waals surface area (Å²) in [4.78, 5) is 10.7. The number of rotatable bonds is 5. The zero-order chi connectivity index (χ0) is 15.2. The SMILES string of the molecule is NC(=O)C=Cc1cccc(OCc2ccc(F)cc2Cl)c1. The average molecular weight is 306 g/mol. The van der Waals surface area contributed by atoms with Crippen LogP contribution in [-0.2, 0) is 11.4 Å². The summed E-state index contributed by atoms with van der Waals surface area (Å²) in [5, 5.41) is 0.319. The lowest BCUT2D eigenvalue weighted by Crippen LogP contribution is -2.05. The van der Waals surface area contributed by atoms with Crippen molar-refractivity contribution in [1.29, 1.82) is 0 Å². The topological polar surface area (TPSA) is 52.3 Å². The van der Waals surface area contributed by atoms with Gasteiger partial charge in [0.05, 0.1) is 5.02 Å². The molecule has 21 heavy (non-hydrogen) atoms. The Morgan fingerprint density at radius 1 is 1.29 bits per heavy atom. The first kappa shape index (κ1) is 15.1. The van der Waals surface area contributed by atoms with E-state index in [-0.39, 0.29) is 12.4 Å². The largest absolute Gasteiger partial charge is 0.489 e. The van der Waals surface area contributed by atoms with Crippen LogP contribution in [-0.4, -0.2) is 5.91 Å². The van der Waals surface area contributed by atoms with Gasteiger partial charge in [0.1, 0.15) is 18.2 Å². The van der Waals surface area contributed by atoms with Crippen molar-refractivity contribution in [3.63, 3.8) is 0 Å². The fourth-order valence-corrected chi connectivity index (χ4v) is 1.91. The van der Waals surface area contributed by atoms with Gasteiger partial charge >= 0.3 is 0 Å². The molecular weight excluding hydrogens is 293 g/mol. The standard InChI is InChI=1S/C16H13ClFNO2/c17-15-9-13(18)6-5-12(15)10-21-14-3-1-2-11(8-14)4-7-16(19)20/h1-9H,10H2,(H2,19,20). The summed E-state index contributed by atoms with van der Waals surface area (Å²) in [6.07, 6.45) is 2.87. The van der Waals surface area contributed by atoms with Crippen LogP contribution in [0.15, 0.2) is 48.5 Å². The first-order valence-electron chi connectivity index (χ1n) is 6.19. The van der Waals surface area contributed by atoms with Crippen molar-refractivity contribution < 1.29 is 13.9 Å². The average Bonchev–Trinajstić information content (AvgIpc) is 2.45. The van der Waals surface area contributed by atoms with Gasteiger partial charge in [0, 0.05) is 11.6 Å². The van der Waals surface area contributed by atoms with Gasteiger partial charge in [-0.2, -0.15) is 0 Å². The Bertz CT molecular complexity index is 686. The summed E-state index contributed by atoms with van der Waals surface area (Å²) >= 11 is 5.93. The number of hydrogen-bond donors (Lipinski definition) is 1. The summed E-state index contributed by atoms with van der Waals surface area (Å²) in [6.45, 7) is 0.224. The van der Waals surface area contributed by atoms with Crippen molar-refractivity contribution in [1.82, 2.24) is 0 Å². The van der Waals surface area contributed by atoms with Gasteiger partial charge in [0.2, 0.25) is 5.91 Å². The predicted octanol–water partition coefficient (Wildman–Crippen LogP) is 3.56. The summed E-state index contributed by atoms with van der Waals surface area (Å²) in [5.41, 5.74) is 6.52. The maximum atomic E-state index is 12.9. The molecule has 0 saturated carbocycles. The molecular formula is C16H13ClFNO2. The van der Waals surface area contributed by atoms with Crippen LogP contribution in [0, 0.1) is 5.82 Å². The van der Waals surface area contributed by atoms with E-state index >= 15 is 0 Å². The van der Waals surface area contributed by atoms with Crippen LogP contribution < -0.4 is 10.5 Å². The molecule has 0 aliphatic carbocycles. The van der Waals surface area contributed by atoms with Gasteiger partial charge < -0.3 is 10.5 Å².